The Kier molecular flexibility index (Phi) is 3.05. The van der Waals surface area contributed by atoms with Crippen LogP contribution in [0.4, 0.5) is 0 Å². The first-order valence-electron chi connectivity index (χ1n) is 6.69. The summed E-state index contributed by atoms with van der Waals surface area (Å²) in [6.45, 7) is 0.514. The Morgan fingerprint density at radius 2 is 2.05 bits per heavy atom. The van der Waals surface area contributed by atoms with Crippen molar-refractivity contribution in [2.24, 2.45) is 17.6 Å². The maximum atomic E-state index is 12.5. The fourth-order valence-electron chi connectivity index (χ4n) is 3.06. The Morgan fingerprint density at radius 1 is 1.33 bits per heavy atom. The first kappa shape index (κ1) is 14.1. The van der Waals surface area contributed by atoms with Crippen LogP contribution in [0.5, 0.6) is 0 Å². The molecule has 3 unspecified atom stereocenters. The fraction of sp³-hybridized carbons (Fsp3) is 0.429. The van der Waals surface area contributed by atoms with Crippen molar-refractivity contribution < 1.29 is 18.0 Å². The van der Waals surface area contributed by atoms with Crippen molar-refractivity contribution in [3.8, 4) is 0 Å². The highest BCUT2D eigenvalue weighted by molar-refractivity contribution is 7.90. The molecule has 1 aromatic rings. The second-order valence-electron chi connectivity index (χ2n) is 5.76. The third-order valence-corrected chi connectivity index (χ3v) is 5.32. The lowest BCUT2D eigenvalue weighted by molar-refractivity contribution is -0.122. The quantitative estimate of drug-likeness (QED) is 0.852. The lowest BCUT2D eigenvalue weighted by Gasteiger charge is -2.25. The standard InChI is InChI=1S/C14H16N2O4S/c1-21(19,20)10-4-2-3-8(5-10)14(18)16-7-9-6-11(9)12(16)13(15)17/h2-5,9,11-12H,6-7H2,1H3,(H2,15,17). The zero-order valence-corrected chi connectivity index (χ0v) is 12.3. The van der Waals surface area contributed by atoms with E-state index in [0.29, 0.717) is 12.5 Å². The number of hydrogen-bond donors (Lipinski definition) is 1. The molecule has 0 bridgehead atoms. The zero-order valence-electron chi connectivity index (χ0n) is 11.5. The normalized spacial score (nSPS) is 27.3. The molecule has 1 saturated heterocycles. The van der Waals surface area contributed by atoms with Crippen LogP contribution in [-0.2, 0) is 14.6 Å². The summed E-state index contributed by atoms with van der Waals surface area (Å²) in [7, 11) is -3.38. The van der Waals surface area contributed by atoms with Crippen LogP contribution in [0.2, 0.25) is 0 Å². The second-order valence-corrected chi connectivity index (χ2v) is 7.78. The Labute approximate surface area is 122 Å². The van der Waals surface area contributed by atoms with E-state index >= 15 is 0 Å². The van der Waals surface area contributed by atoms with Crippen LogP contribution in [0.15, 0.2) is 29.2 Å². The minimum atomic E-state index is -3.38. The Morgan fingerprint density at radius 3 is 2.67 bits per heavy atom. The highest BCUT2D eigenvalue weighted by Crippen LogP contribution is 2.49. The van der Waals surface area contributed by atoms with Gasteiger partial charge in [0.25, 0.3) is 5.91 Å². The number of fused-ring (bicyclic) bond motifs is 1. The van der Waals surface area contributed by atoms with Gasteiger partial charge in [0.2, 0.25) is 5.91 Å². The molecule has 6 nitrogen and oxygen atoms in total. The number of primary amides is 1. The molecule has 2 aliphatic rings. The lowest BCUT2D eigenvalue weighted by atomic mass is 10.1. The molecule has 0 spiro atoms. The van der Waals surface area contributed by atoms with Crippen LogP contribution in [0, 0.1) is 11.8 Å². The van der Waals surface area contributed by atoms with E-state index in [1.165, 1.54) is 23.1 Å². The van der Waals surface area contributed by atoms with E-state index in [0.717, 1.165) is 12.7 Å². The summed E-state index contributed by atoms with van der Waals surface area (Å²) in [6, 6.07) is 5.31. The highest BCUT2D eigenvalue weighted by Gasteiger charge is 2.56. The number of amides is 2. The van der Waals surface area contributed by atoms with Crippen molar-refractivity contribution >= 4 is 21.7 Å². The van der Waals surface area contributed by atoms with Crippen molar-refractivity contribution in [1.82, 2.24) is 4.90 Å². The van der Waals surface area contributed by atoms with Gasteiger partial charge in [-0.25, -0.2) is 8.42 Å². The number of nitrogens with zero attached hydrogens (tertiary/aromatic N) is 1. The van der Waals surface area contributed by atoms with Gasteiger partial charge in [-0.1, -0.05) is 6.07 Å². The molecule has 2 amide bonds. The molecule has 1 aliphatic heterocycles. The smallest absolute Gasteiger partial charge is 0.254 e. The van der Waals surface area contributed by atoms with Crippen LogP contribution in [0.25, 0.3) is 0 Å². The average Bonchev–Trinajstić information content (AvgIpc) is 3.07. The van der Waals surface area contributed by atoms with Crippen molar-refractivity contribution in [3.63, 3.8) is 0 Å². The van der Waals surface area contributed by atoms with Gasteiger partial charge in [-0.05, 0) is 36.5 Å². The molecule has 0 aromatic heterocycles. The first-order valence-corrected chi connectivity index (χ1v) is 8.58. The number of hydrogen-bond acceptors (Lipinski definition) is 4. The Balaban J connectivity index is 1.91. The highest BCUT2D eigenvalue weighted by atomic mass is 32.2. The maximum Gasteiger partial charge on any atom is 0.254 e. The van der Waals surface area contributed by atoms with Gasteiger partial charge in [-0.15, -0.1) is 0 Å². The van der Waals surface area contributed by atoms with Crippen molar-refractivity contribution in [2.45, 2.75) is 17.4 Å². The predicted molar refractivity (Wildman–Crippen MR) is 75.2 cm³/mol. The van der Waals surface area contributed by atoms with Gasteiger partial charge in [-0.2, -0.15) is 0 Å². The number of nitrogens with two attached hydrogens (primary N) is 1. The SMILES string of the molecule is CS(=O)(=O)c1cccc(C(=O)N2CC3CC3C2C(N)=O)c1. The molecule has 21 heavy (non-hydrogen) atoms. The van der Waals surface area contributed by atoms with Crippen molar-refractivity contribution in [3.05, 3.63) is 29.8 Å². The monoisotopic (exact) mass is 308 g/mol. The van der Waals surface area contributed by atoms with E-state index in [1.807, 2.05) is 0 Å². The van der Waals surface area contributed by atoms with E-state index in [2.05, 4.69) is 0 Å². The van der Waals surface area contributed by atoms with Crippen LogP contribution in [-0.4, -0.2) is 44.0 Å². The van der Waals surface area contributed by atoms with Crippen LogP contribution >= 0.6 is 0 Å². The van der Waals surface area contributed by atoms with Gasteiger partial charge in [0, 0.05) is 18.4 Å². The molecule has 112 valence electrons. The van der Waals surface area contributed by atoms with Gasteiger partial charge in [0.05, 0.1) is 4.90 Å². The maximum absolute atomic E-state index is 12.5. The molecule has 2 fully saturated rings. The number of piperidine rings is 1. The summed E-state index contributed by atoms with van der Waals surface area (Å²) in [5, 5.41) is 0. The predicted octanol–water partition coefficient (Wildman–Crippen LogP) is 0.0359. The minimum Gasteiger partial charge on any atom is -0.368 e. The van der Waals surface area contributed by atoms with E-state index in [-0.39, 0.29) is 22.3 Å². The Bertz CT molecular complexity index is 728. The molecule has 1 aliphatic carbocycles. The molecule has 2 N–H and O–H groups in total. The van der Waals surface area contributed by atoms with E-state index in [1.54, 1.807) is 6.07 Å². The summed E-state index contributed by atoms with van der Waals surface area (Å²) in [5.74, 6) is -0.307. The van der Waals surface area contributed by atoms with Crippen molar-refractivity contribution in [2.75, 3.05) is 12.8 Å². The van der Waals surface area contributed by atoms with Gasteiger partial charge < -0.3 is 10.6 Å². The largest absolute Gasteiger partial charge is 0.368 e. The number of rotatable bonds is 3. The summed E-state index contributed by atoms with van der Waals surface area (Å²) < 4.78 is 23.1. The van der Waals surface area contributed by atoms with Gasteiger partial charge >= 0.3 is 0 Å². The number of sulfone groups is 1. The van der Waals surface area contributed by atoms with E-state index in [9.17, 15) is 18.0 Å². The molecule has 7 heteroatoms. The van der Waals surface area contributed by atoms with Gasteiger partial charge in [0.15, 0.2) is 9.84 Å². The second kappa shape index (κ2) is 4.56. The summed E-state index contributed by atoms with van der Waals surface area (Å²) in [5.41, 5.74) is 5.66. The average molecular weight is 308 g/mol. The van der Waals surface area contributed by atoms with E-state index < -0.39 is 21.8 Å². The molecule has 1 heterocycles. The fourth-order valence-corrected chi connectivity index (χ4v) is 3.73. The number of benzene rings is 1. The molecule has 3 rings (SSSR count). The summed E-state index contributed by atoms with van der Waals surface area (Å²) in [6.07, 6.45) is 2.02. The van der Waals surface area contributed by atoms with Gasteiger partial charge in [-0.3, -0.25) is 9.59 Å². The third kappa shape index (κ3) is 2.42. The molecule has 3 atom stereocenters. The molecular formula is C14H16N2O4S. The number of carbonyl (C=O) groups excluding carboxylic acids is 2. The van der Waals surface area contributed by atoms with Crippen LogP contribution < -0.4 is 5.73 Å². The summed E-state index contributed by atoms with van der Waals surface area (Å²) >= 11 is 0. The van der Waals surface area contributed by atoms with Gasteiger partial charge in [0.1, 0.15) is 6.04 Å². The van der Waals surface area contributed by atoms with Crippen LogP contribution in [0.3, 0.4) is 0 Å². The lowest BCUT2D eigenvalue weighted by Crippen LogP contribution is -2.46. The van der Waals surface area contributed by atoms with Crippen molar-refractivity contribution in [1.29, 1.82) is 0 Å². The Hall–Kier alpha value is -1.89. The third-order valence-electron chi connectivity index (χ3n) is 4.21. The number of carbonyl (C=O) groups is 2. The van der Waals surface area contributed by atoms with Crippen LogP contribution in [0.1, 0.15) is 16.8 Å². The summed E-state index contributed by atoms with van der Waals surface area (Å²) in [4.78, 5) is 25.6. The molecule has 1 aromatic carbocycles. The first-order chi connectivity index (χ1) is 9.79. The molecule has 1 saturated carbocycles. The van der Waals surface area contributed by atoms with E-state index in [4.69, 9.17) is 5.73 Å². The topological polar surface area (TPSA) is 97.5 Å². The zero-order chi connectivity index (χ0) is 15.4. The number of likely N-dealkylation sites (tertiary alicyclic amines) is 1. The minimum absolute atomic E-state index is 0.0910. The molecule has 0 radical (unpaired) electrons. The molecular weight excluding hydrogens is 292 g/mol.